The van der Waals surface area contributed by atoms with E-state index in [0.717, 1.165) is 0 Å². The lowest BCUT2D eigenvalue weighted by atomic mass is 10.4. The number of benzene rings is 1. The third kappa shape index (κ3) is 7.28. The molecule has 0 aliphatic carbocycles. The number of hydrogen-bond acceptors (Lipinski definition) is 6. The smallest absolute Gasteiger partial charge is 0.330 e. The first-order valence-corrected chi connectivity index (χ1v) is 13.8. The molecule has 0 saturated heterocycles. The van der Waals surface area contributed by atoms with Crippen LogP contribution in [0.2, 0.25) is 25.2 Å². The molecule has 25 heavy (non-hydrogen) atoms. The Kier molecular flexibility index (Phi) is 9.46. The number of aliphatic hydroxyl groups excluding tert-OH is 3. The van der Waals surface area contributed by atoms with Crippen molar-refractivity contribution in [3.8, 4) is 0 Å². The van der Waals surface area contributed by atoms with Crippen LogP contribution in [0.5, 0.6) is 0 Å². The molecule has 0 radical (unpaired) electrons. The van der Waals surface area contributed by atoms with Crippen LogP contribution in [-0.4, -0.2) is 64.9 Å². The largest absolute Gasteiger partial charge is 0.432 e. The summed E-state index contributed by atoms with van der Waals surface area (Å²) in [5, 5.41) is 29.4. The van der Waals surface area contributed by atoms with Crippen LogP contribution in [0, 0.1) is 0 Å². The summed E-state index contributed by atoms with van der Waals surface area (Å²) in [7, 11) is -3.14. The Labute approximate surface area is 152 Å². The van der Waals surface area contributed by atoms with Gasteiger partial charge in [0.2, 0.25) is 8.32 Å². The zero-order valence-corrected chi connectivity index (χ0v) is 17.6. The number of rotatable bonds is 12. The first-order valence-electron chi connectivity index (χ1n) is 8.66. The van der Waals surface area contributed by atoms with E-state index in [1.165, 1.54) is 12.1 Å². The Bertz CT molecular complexity index is 485. The van der Waals surface area contributed by atoms with Crippen molar-refractivity contribution in [1.29, 1.82) is 0 Å². The molecular weight excluding hydrogens is 356 g/mol. The molecule has 0 bridgehead atoms. The van der Waals surface area contributed by atoms with Gasteiger partial charge in [-0.3, -0.25) is 0 Å². The Balaban J connectivity index is 2.74. The van der Waals surface area contributed by atoms with E-state index in [2.05, 4.69) is 25.2 Å². The Morgan fingerprint density at radius 1 is 1.08 bits per heavy atom. The van der Waals surface area contributed by atoms with Crippen molar-refractivity contribution in [2.45, 2.75) is 50.9 Å². The Hall–Kier alpha value is -0.586. The summed E-state index contributed by atoms with van der Waals surface area (Å²) in [4.78, 5) is 0. The van der Waals surface area contributed by atoms with Crippen LogP contribution in [-0.2, 0) is 13.3 Å². The second-order valence-corrected chi connectivity index (χ2v) is 14.3. The van der Waals surface area contributed by atoms with Gasteiger partial charge in [-0.25, -0.2) is 0 Å². The van der Waals surface area contributed by atoms with Gasteiger partial charge in [-0.2, -0.15) is 0 Å². The number of ether oxygens (including phenoxy) is 1. The van der Waals surface area contributed by atoms with E-state index < -0.39 is 29.3 Å². The summed E-state index contributed by atoms with van der Waals surface area (Å²) in [5.41, 5.74) is 0. The molecule has 0 aliphatic heterocycles. The molecule has 0 heterocycles. The molecule has 0 fully saturated rings. The van der Waals surface area contributed by atoms with E-state index in [9.17, 15) is 15.3 Å². The van der Waals surface area contributed by atoms with E-state index in [1.807, 2.05) is 18.2 Å². The maximum atomic E-state index is 9.50. The van der Waals surface area contributed by atoms with Gasteiger partial charge < -0.3 is 28.6 Å². The second kappa shape index (κ2) is 10.5. The monoisotopic (exact) mass is 388 g/mol. The highest BCUT2D eigenvalue weighted by Crippen LogP contribution is 2.25. The molecule has 0 amide bonds. The molecule has 3 atom stereocenters. The topological polar surface area (TPSA) is 88.4 Å². The van der Waals surface area contributed by atoms with Crippen LogP contribution in [0.4, 0.5) is 0 Å². The fourth-order valence-electron chi connectivity index (χ4n) is 2.69. The summed E-state index contributed by atoms with van der Waals surface area (Å²) in [6.07, 6.45) is -1.49. The number of aliphatic hydroxyl groups is 3. The van der Waals surface area contributed by atoms with Gasteiger partial charge in [0.1, 0.15) is 6.10 Å². The lowest BCUT2D eigenvalue weighted by Gasteiger charge is -2.37. The summed E-state index contributed by atoms with van der Waals surface area (Å²) in [6, 6.07) is 11.3. The number of hydrogen-bond donors (Lipinski definition) is 3. The molecule has 1 aromatic carbocycles. The van der Waals surface area contributed by atoms with Crippen LogP contribution in [0.3, 0.4) is 0 Å². The Morgan fingerprint density at radius 3 is 2.24 bits per heavy atom. The third-order valence-electron chi connectivity index (χ3n) is 4.18. The fraction of sp³-hybridized carbons (Fsp3) is 0.647. The van der Waals surface area contributed by atoms with E-state index in [4.69, 9.17) is 13.3 Å². The predicted molar refractivity (Wildman–Crippen MR) is 102 cm³/mol. The van der Waals surface area contributed by atoms with Gasteiger partial charge in [-0.15, -0.1) is 0 Å². The van der Waals surface area contributed by atoms with Gasteiger partial charge in [0.25, 0.3) is 0 Å². The molecule has 8 heteroatoms. The van der Waals surface area contributed by atoms with E-state index in [1.54, 1.807) is 7.11 Å². The lowest BCUT2D eigenvalue weighted by Crippen LogP contribution is -2.56. The van der Waals surface area contributed by atoms with Crippen LogP contribution in [0.15, 0.2) is 30.3 Å². The molecule has 3 N–H and O–H groups in total. The quantitative estimate of drug-likeness (QED) is 0.284. The molecule has 0 aliphatic rings. The van der Waals surface area contributed by atoms with Gasteiger partial charge in [-0.05, 0) is 37.7 Å². The first kappa shape index (κ1) is 22.5. The molecule has 0 spiro atoms. The van der Waals surface area contributed by atoms with Gasteiger partial charge in [0.15, 0.2) is 6.29 Å². The predicted octanol–water partition coefficient (Wildman–Crippen LogP) is 1.30. The van der Waals surface area contributed by atoms with Gasteiger partial charge >= 0.3 is 8.56 Å². The average Bonchev–Trinajstić information content (AvgIpc) is 2.59. The van der Waals surface area contributed by atoms with Crippen molar-refractivity contribution in [2.24, 2.45) is 0 Å². The maximum absolute atomic E-state index is 9.50. The molecule has 0 saturated carbocycles. The highest BCUT2D eigenvalue weighted by molar-refractivity contribution is 6.91. The highest BCUT2D eigenvalue weighted by atomic mass is 28.4. The summed E-state index contributed by atoms with van der Waals surface area (Å²) < 4.78 is 17.6. The molecule has 1 rings (SSSR count). The molecular formula is C17H32O6Si2. The molecule has 6 nitrogen and oxygen atoms in total. The summed E-state index contributed by atoms with van der Waals surface area (Å²) in [5.74, 6) is 0. The minimum Gasteiger partial charge on any atom is -0.432 e. The fourth-order valence-corrected chi connectivity index (χ4v) is 10.7. The van der Waals surface area contributed by atoms with Crippen molar-refractivity contribution in [3.63, 3.8) is 0 Å². The minimum atomic E-state index is -2.60. The van der Waals surface area contributed by atoms with Crippen molar-refractivity contribution in [1.82, 2.24) is 0 Å². The van der Waals surface area contributed by atoms with Gasteiger partial charge in [0, 0.05) is 26.4 Å². The van der Waals surface area contributed by atoms with Gasteiger partial charge in [-0.1, -0.05) is 30.3 Å². The van der Waals surface area contributed by atoms with E-state index in [0.29, 0.717) is 25.1 Å². The van der Waals surface area contributed by atoms with Crippen molar-refractivity contribution in [3.05, 3.63) is 30.3 Å². The average molecular weight is 389 g/mol. The highest BCUT2D eigenvalue weighted by Gasteiger charge is 2.42. The molecule has 0 aromatic heterocycles. The molecule has 1 aromatic rings. The van der Waals surface area contributed by atoms with Crippen LogP contribution >= 0.6 is 0 Å². The zero-order valence-electron chi connectivity index (χ0n) is 15.6. The van der Waals surface area contributed by atoms with Gasteiger partial charge in [0.05, 0.1) is 0 Å². The van der Waals surface area contributed by atoms with Crippen molar-refractivity contribution in [2.75, 3.05) is 20.3 Å². The normalized spacial score (nSPS) is 17.1. The van der Waals surface area contributed by atoms with Crippen LogP contribution in [0.25, 0.3) is 0 Å². The first-order chi connectivity index (χ1) is 11.8. The zero-order chi connectivity index (χ0) is 18.9. The lowest BCUT2D eigenvalue weighted by molar-refractivity contribution is -0.155. The van der Waals surface area contributed by atoms with Crippen molar-refractivity contribution >= 4 is 22.1 Å². The van der Waals surface area contributed by atoms with Crippen LogP contribution < -0.4 is 5.19 Å². The SMILES string of the molecule is CO[Si](CCO)(CCCOC(O)C(C)O)O[Si](C)(C)c1ccccc1. The van der Waals surface area contributed by atoms with E-state index in [-0.39, 0.29) is 6.61 Å². The third-order valence-corrected chi connectivity index (χ3v) is 12.3. The molecule has 144 valence electrons. The molecule has 3 unspecified atom stereocenters. The summed E-state index contributed by atoms with van der Waals surface area (Å²) >= 11 is 0. The van der Waals surface area contributed by atoms with Crippen molar-refractivity contribution < 1.29 is 28.6 Å². The standard InChI is InChI=1S/C17H32O6Si2/c1-15(19)17(20)22-12-8-13-25(21-2,14-11-18)23-24(3,4)16-9-6-5-7-10-16/h5-7,9-10,15,17-20H,8,11-14H2,1-4H3. The van der Waals surface area contributed by atoms with E-state index >= 15 is 0 Å². The Morgan fingerprint density at radius 2 is 1.72 bits per heavy atom. The van der Waals surface area contributed by atoms with Crippen LogP contribution in [0.1, 0.15) is 13.3 Å². The summed E-state index contributed by atoms with van der Waals surface area (Å²) in [6.45, 7) is 6.05. The minimum absolute atomic E-state index is 0.0104. The maximum Gasteiger partial charge on any atom is 0.330 e. The second-order valence-electron chi connectivity index (χ2n) is 6.67.